The molecule has 0 saturated heterocycles. The van der Waals surface area contributed by atoms with Crippen LogP contribution in [0.15, 0.2) is 16.6 Å². The topological polar surface area (TPSA) is 38.0 Å². The van der Waals surface area contributed by atoms with Gasteiger partial charge in [0.15, 0.2) is 5.82 Å². The molecule has 0 aromatic heterocycles. The molecule has 0 amide bonds. The van der Waals surface area contributed by atoms with Gasteiger partial charge in [0.1, 0.15) is 4.99 Å². The molecule has 2 rings (SSSR count). The highest BCUT2D eigenvalue weighted by Gasteiger charge is 2.20. The summed E-state index contributed by atoms with van der Waals surface area (Å²) in [5, 5.41) is 3.16. The minimum Gasteiger partial charge on any atom is -0.389 e. The molecule has 0 aliphatic heterocycles. The van der Waals surface area contributed by atoms with Crippen LogP contribution in [0.3, 0.4) is 0 Å². The van der Waals surface area contributed by atoms with Crippen molar-refractivity contribution < 1.29 is 4.39 Å². The fraction of sp³-hybridized carbons (Fsp3) is 0.364. The summed E-state index contributed by atoms with van der Waals surface area (Å²) < 4.78 is 14.3. The summed E-state index contributed by atoms with van der Waals surface area (Å²) in [6, 6.07) is 3.82. The van der Waals surface area contributed by atoms with E-state index in [1.807, 2.05) is 0 Å². The number of hydrogen-bond acceptors (Lipinski definition) is 2. The number of thiocarbonyl (C=S) groups is 1. The van der Waals surface area contributed by atoms with Crippen molar-refractivity contribution in [2.45, 2.75) is 25.3 Å². The van der Waals surface area contributed by atoms with E-state index in [0.29, 0.717) is 21.8 Å². The Kier molecular flexibility index (Phi) is 3.44. The molecule has 0 spiro atoms. The van der Waals surface area contributed by atoms with Crippen LogP contribution in [0.25, 0.3) is 0 Å². The lowest BCUT2D eigenvalue weighted by molar-refractivity contribution is 0.443. The molecule has 0 heterocycles. The van der Waals surface area contributed by atoms with Gasteiger partial charge in [0.05, 0.1) is 10.2 Å². The van der Waals surface area contributed by atoms with E-state index in [4.69, 9.17) is 18.0 Å². The second kappa shape index (κ2) is 4.67. The van der Waals surface area contributed by atoms with Crippen molar-refractivity contribution in [3.63, 3.8) is 0 Å². The minimum atomic E-state index is -0.322. The van der Waals surface area contributed by atoms with Crippen molar-refractivity contribution in [3.8, 4) is 0 Å². The molecule has 1 aliphatic rings. The highest BCUT2D eigenvalue weighted by Crippen LogP contribution is 2.30. The summed E-state index contributed by atoms with van der Waals surface area (Å²) in [6.07, 6.45) is 3.42. The lowest BCUT2D eigenvalue weighted by Crippen LogP contribution is -2.27. The highest BCUT2D eigenvalue weighted by molar-refractivity contribution is 9.10. The largest absolute Gasteiger partial charge is 0.389 e. The summed E-state index contributed by atoms with van der Waals surface area (Å²) in [5.74, 6) is -0.322. The van der Waals surface area contributed by atoms with Crippen LogP contribution >= 0.6 is 28.1 Å². The Bertz CT molecular complexity index is 432. The standard InChI is InChI=1S/C11H12BrFN2S/c12-9-7(11(14)16)4-5-8(10(9)13)15-6-2-1-3-6/h4-6,15H,1-3H2,(H2,14,16). The molecule has 1 saturated carbocycles. The fourth-order valence-electron chi connectivity index (χ4n) is 1.62. The van der Waals surface area contributed by atoms with Crippen molar-refractivity contribution >= 4 is 38.8 Å². The molecule has 86 valence electrons. The van der Waals surface area contributed by atoms with Crippen LogP contribution in [0, 0.1) is 5.82 Å². The number of hydrogen-bond donors (Lipinski definition) is 2. The van der Waals surface area contributed by atoms with Gasteiger partial charge in [-0.25, -0.2) is 4.39 Å². The normalized spacial score (nSPS) is 15.6. The Balaban J connectivity index is 2.26. The molecular weight excluding hydrogens is 291 g/mol. The van der Waals surface area contributed by atoms with Gasteiger partial charge in [-0.05, 0) is 47.3 Å². The van der Waals surface area contributed by atoms with Gasteiger partial charge < -0.3 is 11.1 Å². The highest BCUT2D eigenvalue weighted by atomic mass is 79.9. The Morgan fingerprint density at radius 1 is 1.50 bits per heavy atom. The van der Waals surface area contributed by atoms with Gasteiger partial charge in [0, 0.05) is 11.6 Å². The number of rotatable bonds is 3. The molecule has 1 aromatic rings. The SMILES string of the molecule is NC(=S)c1ccc(NC2CCC2)c(F)c1Br. The Hall–Kier alpha value is -0.680. The maximum absolute atomic E-state index is 13.9. The van der Waals surface area contributed by atoms with Gasteiger partial charge in [0.2, 0.25) is 0 Å². The van der Waals surface area contributed by atoms with Gasteiger partial charge in [-0.1, -0.05) is 12.2 Å². The molecule has 1 aliphatic carbocycles. The second-order valence-electron chi connectivity index (χ2n) is 3.93. The molecule has 0 atom stereocenters. The first-order valence-corrected chi connectivity index (χ1v) is 6.34. The fourth-order valence-corrected chi connectivity index (χ4v) is 2.48. The van der Waals surface area contributed by atoms with Gasteiger partial charge >= 0.3 is 0 Å². The third-order valence-electron chi connectivity index (χ3n) is 2.81. The molecule has 5 heteroatoms. The summed E-state index contributed by atoms with van der Waals surface area (Å²) in [6.45, 7) is 0. The molecule has 2 nitrogen and oxygen atoms in total. The summed E-state index contributed by atoms with van der Waals surface area (Å²) in [7, 11) is 0. The zero-order valence-electron chi connectivity index (χ0n) is 8.59. The van der Waals surface area contributed by atoms with E-state index >= 15 is 0 Å². The molecule has 16 heavy (non-hydrogen) atoms. The van der Waals surface area contributed by atoms with E-state index in [9.17, 15) is 4.39 Å². The average Bonchev–Trinajstić information content (AvgIpc) is 2.17. The lowest BCUT2D eigenvalue weighted by atomic mass is 9.93. The van der Waals surface area contributed by atoms with E-state index < -0.39 is 0 Å². The van der Waals surface area contributed by atoms with Crippen LogP contribution in [-0.2, 0) is 0 Å². The third kappa shape index (κ3) is 2.20. The Morgan fingerprint density at radius 2 is 2.19 bits per heavy atom. The average molecular weight is 303 g/mol. The molecule has 3 N–H and O–H groups in total. The van der Waals surface area contributed by atoms with E-state index in [-0.39, 0.29) is 10.8 Å². The summed E-state index contributed by atoms with van der Waals surface area (Å²) in [5.41, 5.74) is 6.53. The van der Waals surface area contributed by atoms with Crippen molar-refractivity contribution in [3.05, 3.63) is 28.0 Å². The lowest BCUT2D eigenvalue weighted by Gasteiger charge is -2.28. The zero-order chi connectivity index (χ0) is 11.7. The zero-order valence-corrected chi connectivity index (χ0v) is 11.0. The van der Waals surface area contributed by atoms with Crippen LogP contribution in [0.2, 0.25) is 0 Å². The van der Waals surface area contributed by atoms with Crippen LogP contribution < -0.4 is 11.1 Å². The number of anilines is 1. The van der Waals surface area contributed by atoms with Crippen LogP contribution in [0.1, 0.15) is 24.8 Å². The Labute approximate surface area is 108 Å². The van der Waals surface area contributed by atoms with E-state index in [1.54, 1.807) is 12.1 Å². The smallest absolute Gasteiger partial charge is 0.161 e. The number of nitrogens with two attached hydrogens (primary N) is 1. The number of halogens is 2. The maximum Gasteiger partial charge on any atom is 0.161 e. The molecular formula is C11H12BrFN2S. The predicted octanol–water partition coefficient (Wildman–Crippen LogP) is 3.19. The van der Waals surface area contributed by atoms with Gasteiger partial charge in [-0.3, -0.25) is 0 Å². The molecule has 0 unspecified atom stereocenters. The van der Waals surface area contributed by atoms with Gasteiger partial charge in [-0.15, -0.1) is 0 Å². The number of nitrogens with one attached hydrogen (secondary N) is 1. The van der Waals surface area contributed by atoms with Crippen LogP contribution in [0.4, 0.5) is 10.1 Å². The van der Waals surface area contributed by atoms with Crippen molar-refractivity contribution in [1.29, 1.82) is 0 Å². The molecule has 1 fully saturated rings. The third-order valence-corrected chi connectivity index (χ3v) is 3.81. The second-order valence-corrected chi connectivity index (χ2v) is 5.16. The van der Waals surface area contributed by atoms with Crippen molar-refractivity contribution in [2.24, 2.45) is 5.73 Å². The van der Waals surface area contributed by atoms with Gasteiger partial charge in [0.25, 0.3) is 0 Å². The summed E-state index contributed by atoms with van der Waals surface area (Å²) >= 11 is 8.01. The van der Waals surface area contributed by atoms with Crippen LogP contribution in [0.5, 0.6) is 0 Å². The van der Waals surface area contributed by atoms with E-state index in [1.165, 1.54) is 6.42 Å². The van der Waals surface area contributed by atoms with E-state index in [0.717, 1.165) is 12.8 Å². The first-order valence-electron chi connectivity index (χ1n) is 5.14. The molecule has 1 aromatic carbocycles. The van der Waals surface area contributed by atoms with Crippen LogP contribution in [-0.4, -0.2) is 11.0 Å². The van der Waals surface area contributed by atoms with Gasteiger partial charge in [-0.2, -0.15) is 0 Å². The van der Waals surface area contributed by atoms with E-state index in [2.05, 4.69) is 21.2 Å². The summed E-state index contributed by atoms with van der Waals surface area (Å²) in [4.78, 5) is 0.195. The molecule has 0 bridgehead atoms. The maximum atomic E-state index is 13.9. The predicted molar refractivity (Wildman–Crippen MR) is 71.2 cm³/mol. The first-order chi connectivity index (χ1) is 7.59. The van der Waals surface area contributed by atoms with Crippen molar-refractivity contribution in [2.75, 3.05) is 5.32 Å². The molecule has 0 radical (unpaired) electrons. The minimum absolute atomic E-state index is 0.195. The monoisotopic (exact) mass is 302 g/mol. The quantitative estimate of drug-likeness (QED) is 0.842. The van der Waals surface area contributed by atoms with Crippen molar-refractivity contribution in [1.82, 2.24) is 0 Å². The number of benzene rings is 1. The first kappa shape index (κ1) is 11.8. The Morgan fingerprint density at radius 3 is 2.69 bits per heavy atom.